The van der Waals surface area contributed by atoms with Gasteiger partial charge in [-0.2, -0.15) is 0 Å². The second kappa shape index (κ2) is 6.74. The molecule has 0 spiro atoms. The molecule has 2 aromatic rings. The van der Waals surface area contributed by atoms with Gasteiger partial charge in [0.1, 0.15) is 11.4 Å². The minimum atomic E-state index is -0.685. The van der Waals surface area contributed by atoms with Gasteiger partial charge in [0.2, 0.25) is 0 Å². The quantitative estimate of drug-likeness (QED) is 0.794. The van der Waals surface area contributed by atoms with Crippen molar-refractivity contribution in [2.75, 3.05) is 11.1 Å². The van der Waals surface area contributed by atoms with Gasteiger partial charge in [-0.25, -0.2) is 4.79 Å². The highest BCUT2D eigenvalue weighted by atomic mass is 16.2. The van der Waals surface area contributed by atoms with E-state index in [1.165, 1.54) is 19.7 Å². The van der Waals surface area contributed by atoms with Gasteiger partial charge in [0.15, 0.2) is 5.78 Å². The molecule has 0 aliphatic rings. The Bertz CT molecular complexity index is 878. The first-order valence-electron chi connectivity index (χ1n) is 7.73. The Kier molecular flexibility index (Phi) is 4.92. The van der Waals surface area contributed by atoms with E-state index in [1.807, 2.05) is 24.3 Å². The van der Waals surface area contributed by atoms with Gasteiger partial charge in [0.05, 0.1) is 6.04 Å². The van der Waals surface area contributed by atoms with Crippen LogP contribution in [-0.2, 0) is 20.5 Å². The van der Waals surface area contributed by atoms with Crippen LogP contribution >= 0.6 is 0 Å². The van der Waals surface area contributed by atoms with Crippen LogP contribution in [-0.4, -0.2) is 21.0 Å². The molecule has 7 nitrogen and oxygen atoms in total. The molecule has 0 unspecified atom stereocenters. The minimum absolute atomic E-state index is 0.122. The highest BCUT2D eigenvalue weighted by molar-refractivity contribution is 6.04. The number of ketones is 1. The third kappa shape index (κ3) is 3.10. The van der Waals surface area contributed by atoms with Gasteiger partial charge in [-0.15, -0.1) is 0 Å². The molecule has 7 heteroatoms. The number of nitrogens with two attached hydrogens (primary N) is 1. The second-order valence-corrected chi connectivity index (χ2v) is 5.75. The number of nitrogens with one attached hydrogen (secondary N) is 1. The topological polar surface area (TPSA) is 99.1 Å². The molecule has 0 radical (unpaired) electrons. The lowest BCUT2D eigenvalue weighted by Crippen LogP contribution is -2.43. The molecule has 2 rings (SSSR count). The molecule has 0 fully saturated rings. The molecular formula is C17H22N4O3. The fourth-order valence-electron chi connectivity index (χ4n) is 2.46. The van der Waals surface area contributed by atoms with Crippen LogP contribution in [0.1, 0.15) is 29.8 Å². The molecule has 128 valence electrons. The molecule has 1 heterocycles. The van der Waals surface area contributed by atoms with E-state index in [1.54, 1.807) is 6.92 Å². The predicted octanol–water partition coefficient (Wildman–Crippen LogP) is 0.912. The van der Waals surface area contributed by atoms with E-state index in [-0.39, 0.29) is 11.4 Å². The Balaban J connectivity index is 2.34. The van der Waals surface area contributed by atoms with E-state index in [0.29, 0.717) is 0 Å². The summed E-state index contributed by atoms with van der Waals surface area (Å²) >= 11 is 0. The average Bonchev–Trinajstić information content (AvgIpc) is 2.59. The Morgan fingerprint density at radius 1 is 1.17 bits per heavy atom. The molecule has 3 N–H and O–H groups in total. The SMILES string of the molecule is CCc1ccc(N[C@H](C)C(=O)c2c(N)n(C)c(=O)n(C)c2=O)cc1. The van der Waals surface area contributed by atoms with E-state index in [9.17, 15) is 14.4 Å². The van der Waals surface area contributed by atoms with Gasteiger partial charge < -0.3 is 11.1 Å². The number of Topliss-reactive ketones (excluding diaryl/α,β-unsaturated/α-hetero) is 1. The number of carbonyl (C=O) groups is 1. The Morgan fingerprint density at radius 3 is 2.29 bits per heavy atom. The van der Waals surface area contributed by atoms with E-state index in [2.05, 4.69) is 12.2 Å². The van der Waals surface area contributed by atoms with Crippen LogP contribution in [0, 0.1) is 0 Å². The number of benzene rings is 1. The lowest BCUT2D eigenvalue weighted by Gasteiger charge is -2.17. The van der Waals surface area contributed by atoms with Crippen LogP contribution in [0.3, 0.4) is 0 Å². The van der Waals surface area contributed by atoms with Crippen molar-refractivity contribution in [3.05, 3.63) is 56.2 Å². The number of nitrogens with zero attached hydrogens (tertiary/aromatic N) is 2. The number of anilines is 2. The van der Waals surface area contributed by atoms with E-state index in [0.717, 1.165) is 21.2 Å². The normalized spacial score (nSPS) is 12.0. The Morgan fingerprint density at radius 2 is 1.75 bits per heavy atom. The first-order chi connectivity index (χ1) is 11.3. The minimum Gasteiger partial charge on any atom is -0.384 e. The number of nitrogen functional groups attached to an aromatic ring is 1. The van der Waals surface area contributed by atoms with Crippen molar-refractivity contribution in [3.63, 3.8) is 0 Å². The van der Waals surface area contributed by atoms with Crippen LogP contribution in [0.2, 0.25) is 0 Å². The molecular weight excluding hydrogens is 308 g/mol. The molecule has 1 aromatic heterocycles. The molecule has 1 aromatic carbocycles. The second-order valence-electron chi connectivity index (χ2n) is 5.75. The van der Waals surface area contributed by atoms with Gasteiger partial charge >= 0.3 is 5.69 Å². The first-order valence-corrected chi connectivity index (χ1v) is 7.73. The number of aryl methyl sites for hydroxylation is 1. The largest absolute Gasteiger partial charge is 0.384 e. The zero-order valence-electron chi connectivity index (χ0n) is 14.3. The monoisotopic (exact) mass is 330 g/mol. The smallest absolute Gasteiger partial charge is 0.332 e. The fourth-order valence-corrected chi connectivity index (χ4v) is 2.46. The van der Waals surface area contributed by atoms with Crippen LogP contribution in [0.5, 0.6) is 0 Å². The highest BCUT2D eigenvalue weighted by Gasteiger charge is 2.24. The summed E-state index contributed by atoms with van der Waals surface area (Å²) in [5, 5.41) is 3.06. The number of hydrogen-bond donors (Lipinski definition) is 2. The molecule has 0 bridgehead atoms. The molecule has 1 atom stereocenters. The zero-order chi connectivity index (χ0) is 18.0. The van der Waals surface area contributed by atoms with Crippen molar-refractivity contribution in [1.29, 1.82) is 0 Å². The summed E-state index contributed by atoms with van der Waals surface area (Å²) in [5.74, 6) is -0.577. The third-order valence-corrected chi connectivity index (χ3v) is 4.09. The molecule has 0 amide bonds. The summed E-state index contributed by atoms with van der Waals surface area (Å²) in [7, 11) is 2.75. The van der Waals surface area contributed by atoms with Gasteiger partial charge in [-0.3, -0.25) is 18.7 Å². The summed E-state index contributed by atoms with van der Waals surface area (Å²) in [6, 6.07) is 7.04. The van der Waals surface area contributed by atoms with E-state index >= 15 is 0 Å². The maximum Gasteiger partial charge on any atom is 0.332 e. The molecule has 0 aliphatic heterocycles. The number of hydrogen-bond acceptors (Lipinski definition) is 5. The van der Waals surface area contributed by atoms with Crippen LogP contribution in [0.4, 0.5) is 11.5 Å². The zero-order valence-corrected chi connectivity index (χ0v) is 14.3. The summed E-state index contributed by atoms with van der Waals surface area (Å²) < 4.78 is 1.98. The van der Waals surface area contributed by atoms with Crippen LogP contribution in [0.25, 0.3) is 0 Å². The standard InChI is InChI=1S/C17H22N4O3/c1-5-11-6-8-12(9-7-11)19-10(2)14(22)13-15(18)20(3)17(24)21(4)16(13)23/h6-10,19H,5,18H2,1-4H3/t10-/m1/s1. The maximum absolute atomic E-state index is 12.7. The summed E-state index contributed by atoms with van der Waals surface area (Å²) in [4.78, 5) is 36.7. The van der Waals surface area contributed by atoms with Crippen molar-refractivity contribution in [1.82, 2.24) is 9.13 Å². The average molecular weight is 330 g/mol. The van der Waals surface area contributed by atoms with Crippen molar-refractivity contribution in [2.45, 2.75) is 26.3 Å². The Hall–Kier alpha value is -2.83. The summed E-state index contributed by atoms with van der Waals surface area (Å²) in [6.45, 7) is 3.72. The first kappa shape index (κ1) is 17.5. The Labute approximate surface area is 139 Å². The fraction of sp³-hybridized carbons (Fsp3) is 0.353. The van der Waals surface area contributed by atoms with Gasteiger partial charge in [0, 0.05) is 19.8 Å². The van der Waals surface area contributed by atoms with Crippen molar-refractivity contribution in [2.24, 2.45) is 14.1 Å². The highest BCUT2D eigenvalue weighted by Crippen LogP contribution is 2.14. The van der Waals surface area contributed by atoms with E-state index in [4.69, 9.17) is 5.73 Å². The number of rotatable bonds is 5. The molecule has 0 saturated carbocycles. The number of carbonyl (C=O) groups excluding carboxylic acids is 1. The van der Waals surface area contributed by atoms with Crippen molar-refractivity contribution < 1.29 is 4.79 Å². The van der Waals surface area contributed by atoms with Crippen LogP contribution < -0.4 is 22.3 Å². The van der Waals surface area contributed by atoms with Crippen molar-refractivity contribution in [3.8, 4) is 0 Å². The predicted molar refractivity (Wildman–Crippen MR) is 94.6 cm³/mol. The van der Waals surface area contributed by atoms with Gasteiger partial charge in [-0.1, -0.05) is 19.1 Å². The molecule has 24 heavy (non-hydrogen) atoms. The third-order valence-electron chi connectivity index (χ3n) is 4.09. The molecule has 0 aliphatic carbocycles. The van der Waals surface area contributed by atoms with Crippen LogP contribution in [0.15, 0.2) is 33.9 Å². The van der Waals surface area contributed by atoms with Crippen molar-refractivity contribution >= 4 is 17.3 Å². The summed E-state index contributed by atoms with van der Waals surface area (Å²) in [5.41, 5.74) is 6.36. The number of aromatic nitrogens is 2. The maximum atomic E-state index is 12.7. The van der Waals surface area contributed by atoms with Gasteiger partial charge in [-0.05, 0) is 31.0 Å². The van der Waals surface area contributed by atoms with E-state index < -0.39 is 23.1 Å². The van der Waals surface area contributed by atoms with Gasteiger partial charge in [0.25, 0.3) is 5.56 Å². The molecule has 0 saturated heterocycles. The lowest BCUT2D eigenvalue weighted by atomic mass is 10.1. The lowest BCUT2D eigenvalue weighted by molar-refractivity contribution is 0.0973. The summed E-state index contributed by atoms with van der Waals surface area (Å²) in [6.07, 6.45) is 0.930.